The molecule has 2 amide bonds. The fourth-order valence-electron chi connectivity index (χ4n) is 7.03. The summed E-state index contributed by atoms with van der Waals surface area (Å²) in [5.74, 6) is -2.42. The van der Waals surface area contributed by atoms with E-state index in [1.54, 1.807) is 24.3 Å². The number of benzene rings is 2. The van der Waals surface area contributed by atoms with Gasteiger partial charge >= 0.3 is 59.1 Å². The molecule has 2 aliphatic rings. The molecule has 6 aromatic rings. The molecule has 0 saturated heterocycles. The number of amides is 2. The molecule has 0 bridgehead atoms. The zero-order valence-electron chi connectivity index (χ0n) is 46.4. The number of phosphoric acid groups is 2. The van der Waals surface area contributed by atoms with Crippen LogP contribution in [0.2, 0.25) is 0 Å². The second-order valence-corrected chi connectivity index (χ2v) is 19.8. The molecule has 82 heavy (non-hydrogen) atoms. The maximum Gasteiger partial charge on any atom is 1.00 e. The van der Waals surface area contributed by atoms with Crippen molar-refractivity contribution in [2.24, 2.45) is 0 Å². The molecule has 36 heteroatoms. The van der Waals surface area contributed by atoms with E-state index in [4.69, 9.17) is 47.1 Å². The molecule has 0 saturated carbocycles. The minimum absolute atomic E-state index is 0. The summed E-state index contributed by atoms with van der Waals surface area (Å²) >= 11 is 0. The van der Waals surface area contributed by atoms with Crippen molar-refractivity contribution in [1.29, 1.82) is 0 Å². The van der Waals surface area contributed by atoms with Crippen molar-refractivity contribution in [1.82, 2.24) is 29.9 Å². The Morgan fingerprint density at radius 2 is 0.854 bits per heavy atom. The summed E-state index contributed by atoms with van der Waals surface area (Å²) in [5.41, 5.74) is -2.07. The summed E-state index contributed by atoms with van der Waals surface area (Å²) in [7, 11) is 0.685. The third kappa shape index (κ3) is 15.2. The number of carbonyl (C=O) groups is 2. The number of fused-ring (bicyclic) bond motifs is 2. The molecular formula is C46H50F2N12Na2O18P2. The van der Waals surface area contributed by atoms with Gasteiger partial charge in [-0.2, -0.15) is 29.3 Å². The van der Waals surface area contributed by atoms with Gasteiger partial charge in [0.15, 0.2) is 69.0 Å². The van der Waals surface area contributed by atoms with E-state index in [1.165, 1.54) is 94.6 Å². The fraction of sp³-hybridized carbons (Fsp3) is 0.304. The van der Waals surface area contributed by atoms with E-state index in [0.29, 0.717) is 56.0 Å². The van der Waals surface area contributed by atoms with E-state index in [1.807, 2.05) is 0 Å². The van der Waals surface area contributed by atoms with Crippen LogP contribution in [0.5, 0.6) is 46.0 Å². The Labute approximate surface area is 510 Å². The van der Waals surface area contributed by atoms with Gasteiger partial charge in [0.1, 0.15) is 11.6 Å². The molecule has 30 nitrogen and oxygen atoms in total. The number of anilines is 10. The number of phosphoric ester groups is 2. The first-order chi connectivity index (χ1) is 37.8. The van der Waals surface area contributed by atoms with Crippen LogP contribution in [0.25, 0.3) is 0 Å². The molecule has 428 valence electrons. The van der Waals surface area contributed by atoms with E-state index in [-0.39, 0.29) is 117 Å². The van der Waals surface area contributed by atoms with Crippen LogP contribution in [0.15, 0.2) is 60.9 Å². The summed E-state index contributed by atoms with van der Waals surface area (Å²) in [5, 5.41) is 12.1. The molecule has 2 atom stereocenters. The van der Waals surface area contributed by atoms with Gasteiger partial charge in [0, 0.05) is 49.9 Å². The Balaban J connectivity index is 0.000000293. The van der Waals surface area contributed by atoms with Crippen molar-refractivity contribution >= 4 is 85.6 Å². The van der Waals surface area contributed by atoms with Crippen molar-refractivity contribution in [3.05, 3.63) is 72.6 Å². The zero-order chi connectivity index (χ0) is 58.5. The molecule has 4 N–H and O–H groups in total. The van der Waals surface area contributed by atoms with Crippen LogP contribution >= 0.6 is 15.6 Å². The molecule has 4 aromatic heterocycles. The van der Waals surface area contributed by atoms with Crippen LogP contribution in [0.4, 0.5) is 67.0 Å². The largest absolute Gasteiger partial charge is 1.00 e. The minimum Gasteiger partial charge on any atom is -0.755 e. The fourth-order valence-corrected chi connectivity index (χ4v) is 7.87. The van der Waals surface area contributed by atoms with Gasteiger partial charge in [-0.15, -0.1) is 0 Å². The van der Waals surface area contributed by atoms with Crippen molar-refractivity contribution in [3.8, 4) is 46.0 Å². The number of aromatic nitrogens is 6. The molecule has 2 unspecified atom stereocenters. The molecule has 6 heterocycles. The summed E-state index contributed by atoms with van der Waals surface area (Å²) in [6, 6.07) is 12.0. The number of hydrogen-bond acceptors (Lipinski definition) is 28. The van der Waals surface area contributed by atoms with E-state index >= 15 is 0 Å². The Hall–Kier alpha value is -6.48. The van der Waals surface area contributed by atoms with Gasteiger partial charge in [0.25, 0.3) is 27.5 Å². The second kappa shape index (κ2) is 27.3. The monoisotopic (exact) mass is 1200 g/mol. The Bertz CT molecular complexity index is 3170. The van der Waals surface area contributed by atoms with Gasteiger partial charge in [-0.1, -0.05) is 0 Å². The van der Waals surface area contributed by atoms with Crippen molar-refractivity contribution in [2.75, 3.05) is 88.3 Å². The number of carbonyl (C=O) groups excluding carboxylic acids is 2. The van der Waals surface area contributed by atoms with Crippen LogP contribution in [0.3, 0.4) is 0 Å². The summed E-state index contributed by atoms with van der Waals surface area (Å²) in [6.45, 7) is 5.68. The topological polar surface area (TPSA) is 357 Å². The van der Waals surface area contributed by atoms with Gasteiger partial charge in [-0.05, 0) is 52.0 Å². The first kappa shape index (κ1) is 66.3. The van der Waals surface area contributed by atoms with E-state index in [9.17, 15) is 37.3 Å². The Kier molecular flexibility index (Phi) is 22.1. The van der Waals surface area contributed by atoms with E-state index in [0.717, 1.165) is 26.6 Å². The van der Waals surface area contributed by atoms with Crippen LogP contribution in [-0.2, 0) is 37.0 Å². The SMILES string of the molecule is COc1cc(Nc2ncc(F)c(Nc3ccc4c(n3)N(OP(=O)([O-])OC)C(=O)C(C)(C)O4)n2)cc(OC)c1OC.COc1cc(Nc2ncc(F)c(Nc3ccc4c(n3)N(OP(=O)([O-])OC)C(=O)C(C)(C)O4)n2)cc(OC)c1OC.[Na+].[Na+]. The average Bonchev–Trinajstić information content (AvgIpc) is 3.55. The number of hydroxylamine groups is 2. The molecule has 2 aliphatic heterocycles. The van der Waals surface area contributed by atoms with Crippen LogP contribution in [0, 0.1) is 11.6 Å². The summed E-state index contributed by atoms with van der Waals surface area (Å²) in [4.78, 5) is 74.2. The van der Waals surface area contributed by atoms with Gasteiger partial charge in [0.05, 0.1) is 55.1 Å². The molecule has 8 rings (SSSR count). The first-order valence-electron chi connectivity index (χ1n) is 22.8. The van der Waals surface area contributed by atoms with Crippen LogP contribution < -0.4 is 138 Å². The smallest absolute Gasteiger partial charge is 0.755 e. The molecule has 2 aromatic carbocycles. The quantitative estimate of drug-likeness (QED) is 0.0584. The predicted molar refractivity (Wildman–Crippen MR) is 274 cm³/mol. The van der Waals surface area contributed by atoms with E-state index < -0.39 is 50.3 Å². The first-order valence-corrected chi connectivity index (χ1v) is 25.7. The van der Waals surface area contributed by atoms with Crippen LogP contribution in [0.1, 0.15) is 27.7 Å². The number of nitrogens with zero attached hydrogens (tertiary/aromatic N) is 8. The summed E-state index contributed by atoms with van der Waals surface area (Å²) in [6.07, 6.45) is 1.84. The van der Waals surface area contributed by atoms with Gasteiger partial charge < -0.3 is 78.0 Å². The second-order valence-electron chi connectivity index (χ2n) is 17.0. The van der Waals surface area contributed by atoms with Gasteiger partial charge in [-0.25, -0.2) is 28.7 Å². The van der Waals surface area contributed by atoms with E-state index in [2.05, 4.69) is 60.2 Å². The molecule has 0 aliphatic carbocycles. The normalized spacial score (nSPS) is 15.0. The number of methoxy groups -OCH3 is 6. The Morgan fingerprint density at radius 1 is 0.524 bits per heavy atom. The number of rotatable bonds is 20. The summed E-state index contributed by atoms with van der Waals surface area (Å²) < 4.78 is 115. The molecular weight excluding hydrogens is 1150 g/mol. The van der Waals surface area contributed by atoms with Gasteiger partial charge in [-0.3, -0.25) is 18.7 Å². The molecule has 0 radical (unpaired) electrons. The third-order valence-corrected chi connectivity index (χ3v) is 12.4. The van der Waals surface area contributed by atoms with Gasteiger partial charge in [0.2, 0.25) is 35.0 Å². The minimum atomic E-state index is -4.91. The standard InChI is InChI=1S/2C23H26FN6O9P.2Na/c2*1-23(2)21(31)30(39-40(32,33)37-6)20-14(38-23)7-8-17(28-20)27-19-13(24)11-25-22(29-19)26-12-9-15(34-3)18(36-5)16(10-12)35-4;;/h2*7-11H,1-6H3,(H,32,33)(H2,25,26,27,28,29);;/q;;2*+1/p-2. The number of pyridine rings is 2. The third-order valence-electron chi connectivity index (χ3n) is 10.8. The zero-order valence-corrected chi connectivity index (χ0v) is 52.1. The number of halogens is 2. The number of nitrogens with one attached hydrogen (secondary N) is 4. The van der Waals surface area contributed by atoms with Crippen molar-refractivity contribution in [3.63, 3.8) is 0 Å². The van der Waals surface area contributed by atoms with Crippen LogP contribution in [-0.4, -0.2) is 110 Å². The maximum atomic E-state index is 14.7. The maximum absolute atomic E-state index is 14.7. The van der Waals surface area contributed by atoms with Crippen molar-refractivity contribution in [2.45, 2.75) is 38.9 Å². The van der Waals surface area contributed by atoms with Crippen molar-refractivity contribution < 1.29 is 153 Å². The number of ether oxygens (including phenoxy) is 8. The predicted octanol–water partition coefficient (Wildman–Crippen LogP) is 0.156. The average molecular weight is 1200 g/mol. The molecule has 0 spiro atoms. The number of hydrogen-bond donors (Lipinski definition) is 4. The molecule has 0 fully saturated rings. The Morgan fingerprint density at radius 3 is 1.15 bits per heavy atom.